The summed E-state index contributed by atoms with van der Waals surface area (Å²) >= 11 is 0. The van der Waals surface area contributed by atoms with Gasteiger partial charge >= 0.3 is 0 Å². The van der Waals surface area contributed by atoms with Crippen molar-refractivity contribution in [3.8, 4) is 17.0 Å². The van der Waals surface area contributed by atoms with Crippen LogP contribution in [-0.4, -0.2) is 21.9 Å². The zero-order valence-electron chi connectivity index (χ0n) is 13.9. The Morgan fingerprint density at radius 2 is 2.17 bits per heavy atom. The van der Waals surface area contributed by atoms with E-state index < -0.39 is 5.82 Å². The minimum absolute atomic E-state index is 0.231. The van der Waals surface area contributed by atoms with E-state index in [9.17, 15) is 4.39 Å². The largest absolute Gasteiger partial charge is 0.494 e. The SMILES string of the molecule is CCC1=CCc2ncc3c(-c4ccc(OC)c(F)c4)nn(C)c3c21. The molecule has 2 aromatic heterocycles. The van der Waals surface area contributed by atoms with Crippen molar-refractivity contribution in [1.82, 2.24) is 14.8 Å². The summed E-state index contributed by atoms with van der Waals surface area (Å²) in [6.45, 7) is 2.15. The van der Waals surface area contributed by atoms with Gasteiger partial charge in [-0.3, -0.25) is 9.67 Å². The number of rotatable bonds is 3. The molecule has 0 unspecified atom stereocenters. The Kier molecular flexibility index (Phi) is 3.37. The van der Waals surface area contributed by atoms with Crippen molar-refractivity contribution in [2.24, 2.45) is 7.05 Å². The smallest absolute Gasteiger partial charge is 0.165 e. The molecule has 0 saturated carbocycles. The van der Waals surface area contributed by atoms with Gasteiger partial charge in [0.25, 0.3) is 0 Å². The first-order chi connectivity index (χ1) is 11.6. The van der Waals surface area contributed by atoms with E-state index in [1.54, 1.807) is 6.07 Å². The fourth-order valence-corrected chi connectivity index (χ4v) is 3.46. The molecule has 0 amide bonds. The summed E-state index contributed by atoms with van der Waals surface area (Å²) < 4.78 is 21.0. The van der Waals surface area contributed by atoms with Crippen molar-refractivity contribution in [1.29, 1.82) is 0 Å². The van der Waals surface area contributed by atoms with Crippen molar-refractivity contribution < 1.29 is 9.13 Å². The second-order valence-electron chi connectivity index (χ2n) is 5.95. The number of allylic oxidation sites excluding steroid dienone is 2. The molecule has 0 atom stereocenters. The number of benzene rings is 1. The van der Waals surface area contributed by atoms with Crippen LogP contribution in [0.5, 0.6) is 5.75 Å². The number of methoxy groups -OCH3 is 1. The van der Waals surface area contributed by atoms with Gasteiger partial charge in [-0.1, -0.05) is 13.0 Å². The molecule has 0 aliphatic heterocycles. The lowest BCUT2D eigenvalue weighted by atomic mass is 10.0. The van der Waals surface area contributed by atoms with Crippen LogP contribution in [0, 0.1) is 5.82 Å². The highest BCUT2D eigenvalue weighted by Crippen LogP contribution is 2.38. The molecule has 0 fully saturated rings. The molecule has 1 aliphatic rings. The first-order valence-corrected chi connectivity index (χ1v) is 8.02. The van der Waals surface area contributed by atoms with Gasteiger partial charge in [0, 0.05) is 36.2 Å². The Labute approximate surface area is 139 Å². The van der Waals surface area contributed by atoms with Crippen LogP contribution in [0.15, 0.2) is 30.5 Å². The molecule has 24 heavy (non-hydrogen) atoms. The number of aromatic nitrogens is 3. The summed E-state index contributed by atoms with van der Waals surface area (Å²) in [4.78, 5) is 4.62. The third-order valence-corrected chi connectivity index (χ3v) is 4.63. The standard InChI is InChI=1S/C19H18FN3O/c1-4-11-5-7-15-17(11)19-13(10-21-15)18(22-23(19)2)12-6-8-16(24-3)14(20)9-12/h5-6,8-10H,4,7H2,1-3H3. The second-order valence-corrected chi connectivity index (χ2v) is 5.95. The summed E-state index contributed by atoms with van der Waals surface area (Å²) in [5, 5.41) is 5.59. The van der Waals surface area contributed by atoms with Gasteiger partial charge in [-0.25, -0.2) is 4.39 Å². The lowest BCUT2D eigenvalue weighted by Gasteiger charge is -2.07. The van der Waals surface area contributed by atoms with Crippen molar-refractivity contribution in [3.05, 3.63) is 47.5 Å². The molecule has 0 N–H and O–H groups in total. The first kappa shape index (κ1) is 14.9. The van der Waals surface area contributed by atoms with Crippen LogP contribution in [-0.2, 0) is 13.5 Å². The quantitative estimate of drug-likeness (QED) is 0.727. The highest BCUT2D eigenvalue weighted by atomic mass is 19.1. The van der Waals surface area contributed by atoms with Gasteiger partial charge < -0.3 is 4.74 Å². The summed E-state index contributed by atoms with van der Waals surface area (Å²) in [7, 11) is 3.39. The highest BCUT2D eigenvalue weighted by molar-refractivity contribution is 6.00. The van der Waals surface area contributed by atoms with Gasteiger partial charge in [0.2, 0.25) is 0 Å². The van der Waals surface area contributed by atoms with E-state index in [1.165, 1.54) is 24.3 Å². The average molecular weight is 323 g/mol. The van der Waals surface area contributed by atoms with Gasteiger partial charge in [0.05, 0.1) is 18.3 Å². The third-order valence-electron chi connectivity index (χ3n) is 4.63. The fraction of sp³-hybridized carbons (Fsp3) is 0.263. The van der Waals surface area contributed by atoms with Crippen LogP contribution in [0.2, 0.25) is 0 Å². The fourth-order valence-electron chi connectivity index (χ4n) is 3.46. The Bertz CT molecular complexity index is 988. The number of ether oxygens (including phenoxy) is 1. The molecule has 0 radical (unpaired) electrons. The maximum absolute atomic E-state index is 14.1. The van der Waals surface area contributed by atoms with Crippen LogP contribution in [0.4, 0.5) is 4.39 Å². The molecular weight excluding hydrogens is 305 g/mol. The Morgan fingerprint density at radius 3 is 2.88 bits per heavy atom. The van der Waals surface area contributed by atoms with Crippen LogP contribution in [0.1, 0.15) is 24.6 Å². The number of aryl methyl sites for hydroxylation is 1. The van der Waals surface area contributed by atoms with Gasteiger partial charge in [0.15, 0.2) is 11.6 Å². The van der Waals surface area contributed by atoms with Gasteiger partial charge in [-0.05, 0) is 30.2 Å². The average Bonchev–Trinajstić information content (AvgIpc) is 3.15. The van der Waals surface area contributed by atoms with Crippen molar-refractivity contribution in [2.45, 2.75) is 19.8 Å². The van der Waals surface area contributed by atoms with Crippen LogP contribution in [0.3, 0.4) is 0 Å². The molecule has 3 aromatic rings. The van der Waals surface area contributed by atoms with E-state index >= 15 is 0 Å². The van der Waals surface area contributed by atoms with Gasteiger partial charge in [-0.2, -0.15) is 5.10 Å². The lowest BCUT2D eigenvalue weighted by Crippen LogP contribution is -1.96. The number of pyridine rings is 1. The molecule has 5 heteroatoms. The third kappa shape index (κ3) is 2.04. The number of nitrogens with zero attached hydrogens (tertiary/aromatic N) is 3. The molecule has 0 bridgehead atoms. The highest BCUT2D eigenvalue weighted by Gasteiger charge is 2.22. The molecule has 4 rings (SSSR count). The minimum atomic E-state index is -0.392. The molecule has 2 heterocycles. The molecule has 1 aliphatic carbocycles. The van der Waals surface area contributed by atoms with Crippen LogP contribution >= 0.6 is 0 Å². The minimum Gasteiger partial charge on any atom is -0.494 e. The van der Waals surface area contributed by atoms with Gasteiger partial charge in [0.1, 0.15) is 5.69 Å². The zero-order chi connectivity index (χ0) is 16.8. The maximum atomic E-state index is 14.1. The van der Waals surface area contributed by atoms with Crippen molar-refractivity contribution in [2.75, 3.05) is 7.11 Å². The topological polar surface area (TPSA) is 39.9 Å². The van der Waals surface area contributed by atoms with Crippen molar-refractivity contribution >= 4 is 16.5 Å². The second kappa shape index (κ2) is 5.44. The monoisotopic (exact) mass is 323 g/mol. The summed E-state index contributed by atoms with van der Waals surface area (Å²) in [6, 6.07) is 4.92. The summed E-state index contributed by atoms with van der Waals surface area (Å²) in [6.07, 6.45) is 5.92. The molecular formula is C19H18FN3O. The number of hydrogen-bond donors (Lipinski definition) is 0. The number of hydrogen-bond acceptors (Lipinski definition) is 3. The van der Waals surface area contributed by atoms with E-state index in [1.807, 2.05) is 24.0 Å². The molecule has 122 valence electrons. The van der Waals surface area contributed by atoms with Gasteiger partial charge in [-0.15, -0.1) is 0 Å². The molecule has 1 aromatic carbocycles. The Balaban J connectivity index is 1.96. The first-order valence-electron chi connectivity index (χ1n) is 8.02. The van der Waals surface area contributed by atoms with Crippen molar-refractivity contribution in [3.63, 3.8) is 0 Å². The maximum Gasteiger partial charge on any atom is 0.165 e. The Hall–Kier alpha value is -2.69. The van der Waals surface area contributed by atoms with E-state index in [0.717, 1.165) is 40.7 Å². The predicted molar refractivity (Wildman–Crippen MR) is 92.4 cm³/mol. The predicted octanol–water partition coefficient (Wildman–Crippen LogP) is 4.13. The molecule has 0 spiro atoms. The summed E-state index contributed by atoms with van der Waals surface area (Å²) in [5.41, 5.74) is 6.11. The Morgan fingerprint density at radius 1 is 1.33 bits per heavy atom. The zero-order valence-corrected chi connectivity index (χ0v) is 13.9. The van der Waals surface area contributed by atoms with E-state index in [0.29, 0.717) is 0 Å². The van der Waals surface area contributed by atoms with E-state index in [4.69, 9.17) is 4.74 Å². The van der Waals surface area contributed by atoms with Crippen LogP contribution < -0.4 is 4.74 Å². The number of fused-ring (bicyclic) bond motifs is 3. The van der Waals surface area contributed by atoms with E-state index in [-0.39, 0.29) is 5.75 Å². The molecule has 0 saturated heterocycles. The molecule has 4 nitrogen and oxygen atoms in total. The van der Waals surface area contributed by atoms with Crippen LogP contribution in [0.25, 0.3) is 27.7 Å². The normalized spacial score (nSPS) is 13.2. The number of halogens is 1. The van der Waals surface area contributed by atoms with E-state index in [2.05, 4.69) is 23.1 Å². The summed E-state index contributed by atoms with van der Waals surface area (Å²) in [5.74, 6) is -0.161. The lowest BCUT2D eigenvalue weighted by molar-refractivity contribution is 0.386.